The Balaban J connectivity index is 1.85. The van der Waals surface area contributed by atoms with Gasteiger partial charge < -0.3 is 5.32 Å². The summed E-state index contributed by atoms with van der Waals surface area (Å²) in [6.07, 6.45) is -1.73. The van der Waals surface area contributed by atoms with Crippen molar-refractivity contribution in [3.8, 4) is 0 Å². The molecule has 0 atom stereocenters. The Kier molecular flexibility index (Phi) is 4.15. The van der Waals surface area contributed by atoms with Crippen molar-refractivity contribution in [1.29, 1.82) is 0 Å². The lowest BCUT2D eigenvalue weighted by Crippen LogP contribution is -2.23. The van der Waals surface area contributed by atoms with Crippen LogP contribution in [0.5, 0.6) is 0 Å². The van der Waals surface area contributed by atoms with Crippen molar-refractivity contribution in [2.75, 3.05) is 0 Å². The van der Waals surface area contributed by atoms with Gasteiger partial charge in [0, 0.05) is 19.4 Å². The van der Waals surface area contributed by atoms with Gasteiger partial charge in [-0.2, -0.15) is 18.3 Å². The third kappa shape index (κ3) is 3.44. The Hall–Kier alpha value is -2.97. The maximum absolute atomic E-state index is 13.1. The molecule has 0 bridgehead atoms. The molecular weight excluding hydrogens is 335 g/mol. The standard InChI is InChI=1S/C16H14F3N5O/c1-9-3-4-11(20-6-9)8-22-15(25)10-5-12-13(16(17,18)19)23-24(2)14(12)21-7-10/h3-7H,8H2,1-2H3,(H,22,25). The number of carbonyl (C=O) groups is 1. The lowest BCUT2D eigenvalue weighted by Gasteiger charge is -2.06. The van der Waals surface area contributed by atoms with E-state index in [4.69, 9.17) is 0 Å². The van der Waals surface area contributed by atoms with E-state index in [1.807, 2.05) is 13.0 Å². The summed E-state index contributed by atoms with van der Waals surface area (Å²) in [6.45, 7) is 2.05. The van der Waals surface area contributed by atoms with Crippen LogP contribution < -0.4 is 5.32 Å². The number of aromatic nitrogens is 4. The molecule has 25 heavy (non-hydrogen) atoms. The van der Waals surface area contributed by atoms with Gasteiger partial charge in [-0.25, -0.2) is 9.67 Å². The highest BCUT2D eigenvalue weighted by atomic mass is 19.4. The van der Waals surface area contributed by atoms with Gasteiger partial charge in [0.15, 0.2) is 11.3 Å². The molecule has 0 aromatic carbocycles. The zero-order valence-corrected chi connectivity index (χ0v) is 13.4. The van der Waals surface area contributed by atoms with Crippen molar-refractivity contribution in [3.63, 3.8) is 0 Å². The first-order valence-corrected chi connectivity index (χ1v) is 7.35. The van der Waals surface area contributed by atoms with Crippen LogP contribution in [0.15, 0.2) is 30.6 Å². The van der Waals surface area contributed by atoms with Crippen LogP contribution >= 0.6 is 0 Å². The van der Waals surface area contributed by atoms with Gasteiger partial charge in [-0.05, 0) is 24.6 Å². The third-order valence-electron chi connectivity index (χ3n) is 3.61. The number of nitrogens with zero attached hydrogens (tertiary/aromatic N) is 4. The molecular formula is C16H14F3N5O. The fourth-order valence-corrected chi connectivity index (χ4v) is 2.35. The van der Waals surface area contributed by atoms with E-state index >= 15 is 0 Å². The number of nitrogens with one attached hydrogen (secondary N) is 1. The molecule has 0 unspecified atom stereocenters. The van der Waals surface area contributed by atoms with Crippen LogP contribution in [0, 0.1) is 6.92 Å². The van der Waals surface area contributed by atoms with Crippen LogP contribution in [0.1, 0.15) is 27.3 Å². The van der Waals surface area contributed by atoms with E-state index in [0.29, 0.717) is 5.69 Å². The van der Waals surface area contributed by atoms with E-state index in [1.54, 1.807) is 12.3 Å². The number of alkyl halides is 3. The molecule has 3 aromatic rings. The average Bonchev–Trinajstić information content (AvgIpc) is 2.91. The first-order chi connectivity index (χ1) is 11.8. The summed E-state index contributed by atoms with van der Waals surface area (Å²) < 4.78 is 40.2. The second-order valence-corrected chi connectivity index (χ2v) is 5.57. The topological polar surface area (TPSA) is 72.7 Å². The van der Waals surface area contributed by atoms with Crippen molar-refractivity contribution < 1.29 is 18.0 Å². The molecule has 9 heteroatoms. The lowest BCUT2D eigenvalue weighted by molar-refractivity contribution is -0.140. The minimum atomic E-state index is -4.62. The molecule has 0 aliphatic carbocycles. The molecule has 1 N–H and O–H groups in total. The SMILES string of the molecule is Cc1ccc(CNC(=O)c2cnc3c(c2)c(C(F)(F)F)nn3C)nc1. The Morgan fingerprint density at radius 3 is 2.64 bits per heavy atom. The quantitative estimate of drug-likeness (QED) is 0.789. The van der Waals surface area contributed by atoms with Crippen LogP contribution in [0.4, 0.5) is 13.2 Å². The van der Waals surface area contributed by atoms with Gasteiger partial charge in [0.2, 0.25) is 0 Å². The fourth-order valence-electron chi connectivity index (χ4n) is 2.35. The van der Waals surface area contributed by atoms with Crippen LogP contribution in [-0.4, -0.2) is 25.7 Å². The summed E-state index contributed by atoms with van der Waals surface area (Å²) in [5.41, 5.74) is 0.654. The molecule has 0 saturated heterocycles. The largest absolute Gasteiger partial charge is 0.435 e. The number of rotatable bonds is 3. The first kappa shape index (κ1) is 16.9. The maximum atomic E-state index is 13.1. The monoisotopic (exact) mass is 349 g/mol. The number of hydrogen-bond donors (Lipinski definition) is 1. The molecule has 0 spiro atoms. The number of fused-ring (bicyclic) bond motifs is 1. The molecule has 0 fully saturated rings. The number of amides is 1. The van der Waals surface area contributed by atoms with Crippen molar-refractivity contribution in [3.05, 3.63) is 53.1 Å². The molecule has 0 saturated carbocycles. The van der Waals surface area contributed by atoms with Gasteiger partial charge in [-0.15, -0.1) is 0 Å². The molecule has 0 aliphatic rings. The summed E-state index contributed by atoms with van der Waals surface area (Å²) in [4.78, 5) is 20.3. The highest BCUT2D eigenvalue weighted by molar-refractivity contribution is 5.97. The normalized spacial score (nSPS) is 11.7. The van der Waals surface area contributed by atoms with Gasteiger partial charge in [0.25, 0.3) is 5.91 Å². The zero-order valence-electron chi connectivity index (χ0n) is 13.4. The van der Waals surface area contributed by atoms with E-state index in [2.05, 4.69) is 20.4 Å². The fraction of sp³-hybridized carbons (Fsp3) is 0.250. The lowest BCUT2D eigenvalue weighted by atomic mass is 10.2. The number of hydrogen-bond acceptors (Lipinski definition) is 4. The molecule has 130 valence electrons. The zero-order chi connectivity index (χ0) is 18.2. The predicted octanol–water partition coefficient (Wildman–Crippen LogP) is 2.62. The summed E-state index contributed by atoms with van der Waals surface area (Å²) in [5, 5.41) is 5.85. The van der Waals surface area contributed by atoms with E-state index in [9.17, 15) is 18.0 Å². The van der Waals surface area contributed by atoms with Gasteiger partial charge in [-0.3, -0.25) is 9.78 Å². The van der Waals surface area contributed by atoms with Gasteiger partial charge >= 0.3 is 6.18 Å². The second-order valence-electron chi connectivity index (χ2n) is 5.57. The summed E-state index contributed by atoms with van der Waals surface area (Å²) in [6, 6.07) is 4.77. The van der Waals surface area contributed by atoms with E-state index in [0.717, 1.165) is 16.3 Å². The second kappa shape index (κ2) is 6.15. The molecule has 1 amide bonds. The molecule has 3 heterocycles. The van der Waals surface area contributed by atoms with Crippen LogP contribution in [0.2, 0.25) is 0 Å². The van der Waals surface area contributed by atoms with Crippen molar-refractivity contribution >= 4 is 16.9 Å². The first-order valence-electron chi connectivity index (χ1n) is 7.35. The molecule has 0 radical (unpaired) electrons. The predicted molar refractivity (Wildman–Crippen MR) is 83.7 cm³/mol. The highest BCUT2D eigenvalue weighted by Gasteiger charge is 2.37. The Bertz CT molecular complexity index is 931. The molecule has 3 aromatic heterocycles. The van der Waals surface area contributed by atoms with E-state index in [-0.39, 0.29) is 23.1 Å². The highest BCUT2D eigenvalue weighted by Crippen LogP contribution is 2.33. The summed E-state index contributed by atoms with van der Waals surface area (Å²) in [7, 11) is 1.37. The van der Waals surface area contributed by atoms with Gasteiger partial charge in [0.05, 0.1) is 23.2 Å². The summed E-state index contributed by atoms with van der Waals surface area (Å²) >= 11 is 0. The number of pyridine rings is 2. The van der Waals surface area contributed by atoms with Gasteiger partial charge in [-0.1, -0.05) is 6.07 Å². The van der Waals surface area contributed by atoms with Crippen LogP contribution in [-0.2, 0) is 19.8 Å². The molecule has 0 aliphatic heterocycles. The molecule has 3 rings (SSSR count). The Morgan fingerprint density at radius 2 is 2.00 bits per heavy atom. The average molecular weight is 349 g/mol. The van der Waals surface area contributed by atoms with E-state index < -0.39 is 17.8 Å². The van der Waals surface area contributed by atoms with Crippen molar-refractivity contribution in [2.45, 2.75) is 19.6 Å². The molecule has 6 nitrogen and oxygen atoms in total. The number of aryl methyl sites for hydroxylation is 2. The Morgan fingerprint density at radius 1 is 1.24 bits per heavy atom. The van der Waals surface area contributed by atoms with E-state index in [1.165, 1.54) is 13.2 Å². The van der Waals surface area contributed by atoms with Crippen LogP contribution in [0.3, 0.4) is 0 Å². The van der Waals surface area contributed by atoms with Crippen LogP contribution in [0.25, 0.3) is 11.0 Å². The van der Waals surface area contributed by atoms with Gasteiger partial charge in [0.1, 0.15) is 0 Å². The third-order valence-corrected chi connectivity index (χ3v) is 3.61. The Labute approximate surface area is 140 Å². The number of carbonyl (C=O) groups excluding carboxylic acids is 1. The maximum Gasteiger partial charge on any atom is 0.435 e. The van der Waals surface area contributed by atoms with Crippen molar-refractivity contribution in [1.82, 2.24) is 25.1 Å². The minimum Gasteiger partial charge on any atom is -0.346 e. The van der Waals surface area contributed by atoms with Crippen molar-refractivity contribution in [2.24, 2.45) is 7.05 Å². The minimum absolute atomic E-state index is 0.0260. The number of halogens is 3. The smallest absolute Gasteiger partial charge is 0.346 e. The summed E-state index contributed by atoms with van der Waals surface area (Å²) in [5.74, 6) is -0.534.